The Labute approximate surface area is 159 Å². The molecule has 140 valence electrons. The van der Waals surface area contributed by atoms with E-state index in [4.69, 9.17) is 9.47 Å². The SMILES string of the molecule is COc1cc2c(cc1OC)[C@H](c1cccnc1)N(Cc1cncn1C)CC2. The number of ether oxygens (including phenoxy) is 2. The van der Waals surface area contributed by atoms with E-state index in [2.05, 4.69) is 37.6 Å². The van der Waals surface area contributed by atoms with Crippen molar-refractivity contribution in [2.45, 2.75) is 19.0 Å². The molecule has 0 aliphatic carbocycles. The van der Waals surface area contributed by atoms with Crippen molar-refractivity contribution in [3.8, 4) is 11.5 Å². The molecule has 0 spiro atoms. The zero-order chi connectivity index (χ0) is 18.8. The van der Waals surface area contributed by atoms with Crippen LogP contribution in [-0.4, -0.2) is 40.2 Å². The second kappa shape index (κ2) is 7.40. The number of nitrogens with zero attached hydrogens (tertiary/aromatic N) is 4. The standard InChI is InChI=1S/C21H24N4O2/c1-24-14-23-12-17(24)13-25-8-6-15-9-19(26-2)20(27-3)10-18(15)21(25)16-5-4-7-22-11-16/h4-5,7,9-12,14,21H,6,8,13H2,1-3H3/t21-/m0/s1. The van der Waals surface area contributed by atoms with Crippen LogP contribution in [0.5, 0.6) is 11.5 Å². The van der Waals surface area contributed by atoms with Crippen LogP contribution in [0.25, 0.3) is 0 Å². The minimum Gasteiger partial charge on any atom is -0.493 e. The Hall–Kier alpha value is -2.86. The monoisotopic (exact) mass is 364 g/mol. The quantitative estimate of drug-likeness (QED) is 0.697. The number of hydrogen-bond donors (Lipinski definition) is 0. The Kier molecular flexibility index (Phi) is 4.81. The summed E-state index contributed by atoms with van der Waals surface area (Å²) in [5, 5.41) is 0. The van der Waals surface area contributed by atoms with Crippen LogP contribution in [0.4, 0.5) is 0 Å². The molecule has 1 aliphatic rings. The maximum atomic E-state index is 5.57. The molecular formula is C21H24N4O2. The number of imidazole rings is 1. The molecule has 6 nitrogen and oxygen atoms in total. The predicted molar refractivity (Wildman–Crippen MR) is 103 cm³/mol. The van der Waals surface area contributed by atoms with Gasteiger partial charge in [-0.2, -0.15) is 0 Å². The molecule has 4 rings (SSSR count). The molecule has 0 saturated carbocycles. The third kappa shape index (κ3) is 3.28. The number of benzene rings is 1. The van der Waals surface area contributed by atoms with Gasteiger partial charge in [0.1, 0.15) is 0 Å². The molecule has 0 radical (unpaired) electrons. The van der Waals surface area contributed by atoms with E-state index in [0.717, 1.165) is 31.0 Å². The molecule has 0 fully saturated rings. The van der Waals surface area contributed by atoms with E-state index < -0.39 is 0 Å². The summed E-state index contributed by atoms with van der Waals surface area (Å²) in [5.41, 5.74) is 4.90. The lowest BCUT2D eigenvalue weighted by Gasteiger charge is -2.38. The van der Waals surface area contributed by atoms with Crippen molar-refractivity contribution in [3.63, 3.8) is 0 Å². The summed E-state index contributed by atoms with van der Waals surface area (Å²) in [4.78, 5) is 11.1. The zero-order valence-corrected chi connectivity index (χ0v) is 15.9. The van der Waals surface area contributed by atoms with Gasteiger partial charge in [0.25, 0.3) is 0 Å². The van der Waals surface area contributed by atoms with Gasteiger partial charge in [-0.15, -0.1) is 0 Å². The van der Waals surface area contributed by atoms with Gasteiger partial charge in [0, 0.05) is 38.7 Å². The summed E-state index contributed by atoms with van der Waals surface area (Å²) in [6.45, 7) is 1.77. The first-order valence-electron chi connectivity index (χ1n) is 9.05. The van der Waals surface area contributed by atoms with Gasteiger partial charge in [0.2, 0.25) is 0 Å². The van der Waals surface area contributed by atoms with E-state index in [1.807, 2.05) is 38.0 Å². The number of methoxy groups -OCH3 is 2. The number of fused-ring (bicyclic) bond motifs is 1. The second-order valence-corrected chi connectivity index (χ2v) is 6.81. The van der Waals surface area contributed by atoms with E-state index >= 15 is 0 Å². The van der Waals surface area contributed by atoms with Gasteiger partial charge in [-0.05, 0) is 41.3 Å². The van der Waals surface area contributed by atoms with Gasteiger partial charge >= 0.3 is 0 Å². The Morgan fingerprint density at radius 2 is 1.93 bits per heavy atom. The van der Waals surface area contributed by atoms with E-state index in [9.17, 15) is 0 Å². The predicted octanol–water partition coefficient (Wildman–Crippen LogP) is 2.98. The molecule has 0 amide bonds. The van der Waals surface area contributed by atoms with Crippen molar-refractivity contribution in [2.75, 3.05) is 20.8 Å². The van der Waals surface area contributed by atoms with Gasteiger partial charge in [0.15, 0.2) is 11.5 Å². The fourth-order valence-corrected chi connectivity index (χ4v) is 3.84. The summed E-state index contributed by atoms with van der Waals surface area (Å²) >= 11 is 0. The Bertz CT molecular complexity index is 923. The summed E-state index contributed by atoms with van der Waals surface area (Å²) in [5.74, 6) is 1.54. The van der Waals surface area contributed by atoms with Crippen LogP contribution in [0, 0.1) is 0 Å². The van der Waals surface area contributed by atoms with Crippen LogP contribution >= 0.6 is 0 Å². The first-order chi connectivity index (χ1) is 13.2. The van der Waals surface area contributed by atoms with Crippen LogP contribution in [0.2, 0.25) is 0 Å². The Morgan fingerprint density at radius 3 is 2.59 bits per heavy atom. The normalized spacial score (nSPS) is 16.8. The third-order valence-corrected chi connectivity index (χ3v) is 5.26. The molecule has 3 heterocycles. The molecule has 2 aromatic heterocycles. The molecule has 0 saturated heterocycles. The Morgan fingerprint density at radius 1 is 1.11 bits per heavy atom. The third-order valence-electron chi connectivity index (χ3n) is 5.26. The average Bonchev–Trinajstić information content (AvgIpc) is 3.11. The fourth-order valence-electron chi connectivity index (χ4n) is 3.84. The van der Waals surface area contributed by atoms with Crippen LogP contribution in [-0.2, 0) is 20.0 Å². The number of pyridine rings is 1. The molecule has 1 atom stereocenters. The van der Waals surface area contributed by atoms with E-state index in [0.29, 0.717) is 0 Å². The van der Waals surface area contributed by atoms with Crippen LogP contribution in [0.3, 0.4) is 0 Å². The number of aryl methyl sites for hydroxylation is 1. The molecule has 27 heavy (non-hydrogen) atoms. The highest BCUT2D eigenvalue weighted by molar-refractivity contribution is 5.51. The highest BCUT2D eigenvalue weighted by atomic mass is 16.5. The highest BCUT2D eigenvalue weighted by Crippen LogP contribution is 2.41. The van der Waals surface area contributed by atoms with Crippen LogP contribution < -0.4 is 9.47 Å². The minimum absolute atomic E-state index is 0.108. The number of hydrogen-bond acceptors (Lipinski definition) is 5. The maximum Gasteiger partial charge on any atom is 0.161 e. The average molecular weight is 364 g/mol. The summed E-state index contributed by atoms with van der Waals surface area (Å²) in [6, 6.07) is 8.46. The highest BCUT2D eigenvalue weighted by Gasteiger charge is 2.31. The first kappa shape index (κ1) is 17.5. The smallest absolute Gasteiger partial charge is 0.161 e. The van der Waals surface area contributed by atoms with Crippen molar-refractivity contribution in [2.24, 2.45) is 7.05 Å². The fraction of sp³-hybridized carbons (Fsp3) is 0.333. The lowest BCUT2D eigenvalue weighted by Crippen LogP contribution is -2.36. The van der Waals surface area contributed by atoms with Gasteiger partial charge in [-0.3, -0.25) is 9.88 Å². The maximum absolute atomic E-state index is 5.57. The van der Waals surface area contributed by atoms with Crippen LogP contribution in [0.1, 0.15) is 28.4 Å². The molecule has 0 bridgehead atoms. The topological polar surface area (TPSA) is 52.4 Å². The Balaban J connectivity index is 1.80. The second-order valence-electron chi connectivity index (χ2n) is 6.81. The van der Waals surface area contributed by atoms with Crippen molar-refractivity contribution in [3.05, 3.63) is 71.6 Å². The summed E-state index contributed by atoms with van der Waals surface area (Å²) < 4.78 is 13.2. The minimum atomic E-state index is 0.108. The van der Waals surface area contributed by atoms with E-state index in [1.165, 1.54) is 22.4 Å². The van der Waals surface area contributed by atoms with E-state index in [1.54, 1.807) is 14.2 Å². The number of rotatable bonds is 5. The lowest BCUT2D eigenvalue weighted by molar-refractivity contribution is 0.199. The first-order valence-corrected chi connectivity index (χ1v) is 9.05. The van der Waals surface area contributed by atoms with Gasteiger partial charge in [-0.1, -0.05) is 6.07 Å². The molecule has 1 aromatic carbocycles. The molecule has 3 aromatic rings. The molecular weight excluding hydrogens is 340 g/mol. The lowest BCUT2D eigenvalue weighted by atomic mass is 9.88. The van der Waals surface area contributed by atoms with Crippen molar-refractivity contribution in [1.29, 1.82) is 0 Å². The molecule has 1 aliphatic heterocycles. The molecule has 0 N–H and O–H groups in total. The van der Waals surface area contributed by atoms with Crippen LogP contribution in [0.15, 0.2) is 49.2 Å². The summed E-state index contributed by atoms with van der Waals surface area (Å²) in [6.07, 6.45) is 8.51. The van der Waals surface area contributed by atoms with Crippen molar-refractivity contribution >= 4 is 0 Å². The van der Waals surface area contributed by atoms with E-state index in [-0.39, 0.29) is 6.04 Å². The van der Waals surface area contributed by atoms with Gasteiger partial charge < -0.3 is 14.0 Å². The van der Waals surface area contributed by atoms with Gasteiger partial charge in [0.05, 0.1) is 32.3 Å². The van der Waals surface area contributed by atoms with Crippen molar-refractivity contribution < 1.29 is 9.47 Å². The largest absolute Gasteiger partial charge is 0.493 e. The number of aromatic nitrogens is 3. The summed E-state index contributed by atoms with van der Waals surface area (Å²) in [7, 11) is 5.40. The van der Waals surface area contributed by atoms with Gasteiger partial charge in [-0.25, -0.2) is 4.98 Å². The van der Waals surface area contributed by atoms with Crippen molar-refractivity contribution in [1.82, 2.24) is 19.4 Å². The molecule has 0 unspecified atom stereocenters. The molecule has 6 heteroatoms. The zero-order valence-electron chi connectivity index (χ0n) is 15.9.